The van der Waals surface area contributed by atoms with E-state index in [-0.39, 0.29) is 11.1 Å². The summed E-state index contributed by atoms with van der Waals surface area (Å²) in [5.74, 6) is -1.30. The van der Waals surface area contributed by atoms with Gasteiger partial charge >= 0.3 is 6.18 Å². The van der Waals surface area contributed by atoms with Gasteiger partial charge in [0.25, 0.3) is 5.91 Å². The lowest BCUT2D eigenvalue weighted by Gasteiger charge is -2.44. The first-order valence-corrected chi connectivity index (χ1v) is 12.5. The number of likely N-dealkylation sites (tertiary alicyclic amines) is 1. The van der Waals surface area contributed by atoms with Crippen molar-refractivity contribution in [3.05, 3.63) is 58.8 Å². The molecule has 2 aliphatic rings. The Balaban J connectivity index is 1.41. The summed E-state index contributed by atoms with van der Waals surface area (Å²) in [6.45, 7) is 5.96. The Morgan fingerprint density at radius 3 is 2.51 bits per heavy atom. The van der Waals surface area contributed by atoms with Crippen molar-refractivity contribution in [2.75, 3.05) is 31.6 Å². The van der Waals surface area contributed by atoms with Crippen molar-refractivity contribution >= 4 is 17.2 Å². The second-order valence-electron chi connectivity index (χ2n) is 10.2. The molecule has 3 aromatic rings. The van der Waals surface area contributed by atoms with Crippen LogP contribution in [0, 0.1) is 12.7 Å². The van der Waals surface area contributed by atoms with Crippen molar-refractivity contribution in [1.82, 2.24) is 24.8 Å². The SMILES string of the molecule is Cc1nnc2c(N3CCC4(CCCN4C)CC3)cc(C(=O)N[C@H](C)c3cccc(C(F)(F)F)c3F)cn12. The number of piperidine rings is 1. The number of carbonyl (C=O) groups excluding carboxylic acids is 1. The summed E-state index contributed by atoms with van der Waals surface area (Å²) in [5, 5.41) is 11.2. The Hall–Kier alpha value is -3.21. The topological polar surface area (TPSA) is 65.8 Å². The summed E-state index contributed by atoms with van der Waals surface area (Å²) in [6.07, 6.45) is 1.18. The molecule has 2 aromatic heterocycles. The van der Waals surface area contributed by atoms with E-state index in [9.17, 15) is 22.4 Å². The summed E-state index contributed by atoms with van der Waals surface area (Å²) < 4.78 is 55.9. The van der Waals surface area contributed by atoms with Crippen LogP contribution in [0.15, 0.2) is 30.5 Å². The molecule has 1 aromatic carbocycles. The molecule has 1 atom stereocenters. The maximum Gasteiger partial charge on any atom is 0.419 e. The zero-order chi connectivity index (χ0) is 26.5. The smallest absolute Gasteiger partial charge is 0.368 e. The highest BCUT2D eigenvalue weighted by Crippen LogP contribution is 2.39. The predicted molar refractivity (Wildman–Crippen MR) is 131 cm³/mol. The first kappa shape index (κ1) is 25.4. The number of aromatic nitrogens is 3. The van der Waals surface area contributed by atoms with Crippen LogP contribution >= 0.6 is 0 Å². The van der Waals surface area contributed by atoms with Crippen LogP contribution in [0.5, 0.6) is 0 Å². The van der Waals surface area contributed by atoms with Crippen molar-refractivity contribution < 1.29 is 22.4 Å². The van der Waals surface area contributed by atoms with Gasteiger partial charge in [-0.2, -0.15) is 13.2 Å². The van der Waals surface area contributed by atoms with Crippen LogP contribution < -0.4 is 10.2 Å². The molecule has 5 rings (SSSR count). The number of hydrogen-bond acceptors (Lipinski definition) is 5. The van der Waals surface area contributed by atoms with Crippen LogP contribution in [0.2, 0.25) is 0 Å². The van der Waals surface area contributed by atoms with Crippen LogP contribution in [-0.4, -0.2) is 57.6 Å². The lowest BCUT2D eigenvalue weighted by atomic mass is 9.85. The molecule has 7 nitrogen and oxygen atoms in total. The number of nitrogens with zero attached hydrogens (tertiary/aromatic N) is 5. The molecule has 0 aliphatic carbocycles. The summed E-state index contributed by atoms with van der Waals surface area (Å²) in [4.78, 5) is 17.9. The summed E-state index contributed by atoms with van der Waals surface area (Å²) >= 11 is 0. The molecule has 0 bridgehead atoms. The average molecular weight is 519 g/mol. The minimum absolute atomic E-state index is 0.218. The number of carbonyl (C=O) groups is 1. The molecule has 2 saturated heterocycles. The van der Waals surface area contributed by atoms with E-state index in [0.29, 0.717) is 23.1 Å². The molecule has 2 aliphatic heterocycles. The van der Waals surface area contributed by atoms with Gasteiger partial charge in [0.1, 0.15) is 11.6 Å². The number of rotatable bonds is 4. The number of pyridine rings is 1. The van der Waals surface area contributed by atoms with E-state index in [0.717, 1.165) is 44.2 Å². The molecule has 4 heterocycles. The maximum absolute atomic E-state index is 14.6. The summed E-state index contributed by atoms with van der Waals surface area (Å²) in [6, 6.07) is 3.83. The third kappa shape index (κ3) is 4.54. The normalized spacial score (nSPS) is 19.1. The molecular weight excluding hydrogens is 488 g/mol. The quantitative estimate of drug-likeness (QED) is 0.505. The van der Waals surface area contributed by atoms with Gasteiger partial charge in [0.05, 0.1) is 22.9 Å². The molecule has 2 fully saturated rings. The van der Waals surface area contributed by atoms with E-state index in [1.807, 2.05) is 0 Å². The molecule has 37 heavy (non-hydrogen) atoms. The maximum atomic E-state index is 14.6. The third-order valence-corrected chi connectivity index (χ3v) is 8.05. The molecular formula is C26H30F4N6O. The molecule has 0 radical (unpaired) electrons. The van der Waals surface area contributed by atoms with E-state index < -0.39 is 29.5 Å². The Morgan fingerprint density at radius 2 is 1.86 bits per heavy atom. The minimum Gasteiger partial charge on any atom is -0.368 e. The van der Waals surface area contributed by atoms with E-state index in [1.165, 1.54) is 25.8 Å². The number of alkyl halides is 3. The lowest BCUT2D eigenvalue weighted by Crippen LogP contribution is -2.50. The van der Waals surface area contributed by atoms with Gasteiger partial charge < -0.3 is 15.1 Å². The number of aryl methyl sites for hydroxylation is 1. The fourth-order valence-electron chi connectivity index (χ4n) is 5.77. The van der Waals surface area contributed by atoms with E-state index in [1.54, 1.807) is 23.6 Å². The van der Waals surface area contributed by atoms with Crippen molar-refractivity contribution in [3.63, 3.8) is 0 Å². The number of amides is 1. The number of nitrogens with one attached hydrogen (secondary N) is 1. The van der Waals surface area contributed by atoms with Gasteiger partial charge in [-0.1, -0.05) is 12.1 Å². The first-order chi connectivity index (χ1) is 17.5. The average Bonchev–Trinajstić information content (AvgIpc) is 3.40. The standard InChI is InChI=1S/C26H30F4N6O/c1-16(19-6-4-7-20(22(19)27)26(28,29)30)31-24(37)18-14-21(23-33-32-17(2)36(23)15-18)35-12-9-25(10-13-35)8-5-11-34(25)3/h4,6-7,14-16H,5,8-13H2,1-3H3,(H,31,37)/t16-/m1/s1. The molecule has 0 unspecified atom stereocenters. The molecule has 1 amide bonds. The highest BCUT2D eigenvalue weighted by Gasteiger charge is 2.41. The summed E-state index contributed by atoms with van der Waals surface area (Å²) in [7, 11) is 2.18. The van der Waals surface area contributed by atoms with Crippen LogP contribution in [0.3, 0.4) is 0 Å². The Morgan fingerprint density at radius 1 is 1.14 bits per heavy atom. The van der Waals surface area contributed by atoms with E-state index in [4.69, 9.17) is 0 Å². The van der Waals surface area contributed by atoms with Gasteiger partial charge in [0.15, 0.2) is 5.65 Å². The fourth-order valence-corrected chi connectivity index (χ4v) is 5.77. The largest absolute Gasteiger partial charge is 0.419 e. The molecule has 1 N–H and O–H groups in total. The van der Waals surface area contributed by atoms with Crippen molar-refractivity contribution in [2.24, 2.45) is 0 Å². The Bertz CT molecular complexity index is 1330. The monoisotopic (exact) mass is 518 g/mol. The highest BCUT2D eigenvalue weighted by molar-refractivity contribution is 5.96. The molecule has 198 valence electrons. The van der Waals surface area contributed by atoms with Gasteiger partial charge in [-0.25, -0.2) is 4.39 Å². The van der Waals surface area contributed by atoms with Gasteiger partial charge in [-0.15, -0.1) is 10.2 Å². The zero-order valence-corrected chi connectivity index (χ0v) is 21.1. The van der Waals surface area contributed by atoms with Crippen molar-refractivity contribution in [1.29, 1.82) is 0 Å². The van der Waals surface area contributed by atoms with Crippen molar-refractivity contribution in [2.45, 2.75) is 57.3 Å². The molecule has 1 spiro atoms. The number of anilines is 1. The van der Waals surface area contributed by atoms with Crippen LogP contribution in [-0.2, 0) is 6.18 Å². The number of fused-ring (bicyclic) bond motifs is 1. The first-order valence-electron chi connectivity index (χ1n) is 12.5. The minimum atomic E-state index is -4.82. The second kappa shape index (κ2) is 9.27. The zero-order valence-electron chi connectivity index (χ0n) is 21.1. The van der Waals surface area contributed by atoms with Crippen LogP contribution in [0.25, 0.3) is 5.65 Å². The number of hydrogen-bond donors (Lipinski definition) is 1. The van der Waals surface area contributed by atoms with Gasteiger partial charge in [0.2, 0.25) is 0 Å². The summed E-state index contributed by atoms with van der Waals surface area (Å²) in [5.41, 5.74) is 0.347. The van der Waals surface area contributed by atoms with Crippen LogP contribution in [0.1, 0.15) is 66.0 Å². The van der Waals surface area contributed by atoms with Crippen LogP contribution in [0.4, 0.5) is 23.2 Å². The number of benzene rings is 1. The highest BCUT2D eigenvalue weighted by atomic mass is 19.4. The fraction of sp³-hybridized carbons (Fsp3) is 0.500. The van der Waals surface area contributed by atoms with Gasteiger partial charge in [0, 0.05) is 30.4 Å². The van der Waals surface area contributed by atoms with Gasteiger partial charge in [-0.05, 0) is 65.3 Å². The molecule has 11 heteroatoms. The van der Waals surface area contributed by atoms with E-state index in [2.05, 4.69) is 32.4 Å². The van der Waals surface area contributed by atoms with E-state index >= 15 is 0 Å². The number of halogens is 4. The Kier molecular flexibility index (Phi) is 6.37. The molecule has 0 saturated carbocycles. The second-order valence-corrected chi connectivity index (χ2v) is 10.2. The van der Waals surface area contributed by atoms with Gasteiger partial charge in [-0.3, -0.25) is 9.20 Å². The predicted octanol–water partition coefficient (Wildman–Crippen LogP) is 4.75. The lowest BCUT2D eigenvalue weighted by molar-refractivity contribution is -0.140. The Labute approximate surface area is 212 Å². The van der Waals surface area contributed by atoms with Crippen molar-refractivity contribution in [3.8, 4) is 0 Å². The third-order valence-electron chi connectivity index (χ3n) is 8.05.